The molecule has 10 nitrogen and oxygen atoms in total. The van der Waals surface area contributed by atoms with Crippen molar-refractivity contribution < 1.29 is 9.72 Å². The number of pyridine rings is 1. The smallest absolute Gasteiger partial charge is 0.276 e. The van der Waals surface area contributed by atoms with E-state index in [1.165, 1.54) is 16.8 Å². The second-order valence-corrected chi connectivity index (χ2v) is 6.72. The Morgan fingerprint density at radius 2 is 2.13 bits per heavy atom. The maximum Gasteiger partial charge on any atom is 0.276 e. The molecular weight excluding hydrogens is 410 g/mol. The molecule has 1 N–H and O–H groups in total. The summed E-state index contributed by atoms with van der Waals surface area (Å²) in [5.74, 6) is -0.227. The molecule has 0 aliphatic carbocycles. The van der Waals surface area contributed by atoms with Crippen LogP contribution in [0.15, 0.2) is 48.8 Å². The van der Waals surface area contributed by atoms with Crippen molar-refractivity contribution >= 4 is 24.0 Å². The number of nitro groups is 1. The molecule has 156 valence electrons. The van der Waals surface area contributed by atoms with E-state index in [2.05, 4.69) is 20.6 Å². The van der Waals surface area contributed by atoms with Crippen molar-refractivity contribution in [2.45, 2.75) is 13.0 Å². The third-order valence-corrected chi connectivity index (χ3v) is 4.96. The number of amides is 1. The first-order valence-corrected chi connectivity index (χ1v) is 9.15. The zero-order chi connectivity index (χ0) is 20.4. The van der Waals surface area contributed by atoms with E-state index in [1.807, 2.05) is 12.1 Å². The van der Waals surface area contributed by atoms with E-state index in [0.717, 1.165) is 5.56 Å². The van der Waals surface area contributed by atoms with Gasteiger partial charge in [-0.05, 0) is 24.6 Å². The summed E-state index contributed by atoms with van der Waals surface area (Å²) in [5.41, 5.74) is 2.12. The highest BCUT2D eigenvalue weighted by Gasteiger charge is 2.31. The summed E-state index contributed by atoms with van der Waals surface area (Å²) in [6.45, 7) is 3.56. The van der Waals surface area contributed by atoms with Gasteiger partial charge in [0.2, 0.25) is 0 Å². The molecule has 1 aliphatic heterocycles. The van der Waals surface area contributed by atoms with Crippen LogP contribution in [0, 0.1) is 17.0 Å². The highest BCUT2D eigenvalue weighted by molar-refractivity contribution is 5.93. The number of hydrogen-bond donors (Lipinski definition) is 1. The number of nitrogens with zero attached hydrogens (tertiary/aromatic N) is 6. The first-order chi connectivity index (χ1) is 14.1. The first-order valence-electron chi connectivity index (χ1n) is 9.15. The van der Waals surface area contributed by atoms with Gasteiger partial charge < -0.3 is 10.2 Å². The Morgan fingerprint density at radius 1 is 1.30 bits per heavy atom. The van der Waals surface area contributed by atoms with Crippen LogP contribution < -0.4 is 5.32 Å². The summed E-state index contributed by atoms with van der Waals surface area (Å²) in [5, 5.41) is 22.5. The molecule has 1 fully saturated rings. The van der Waals surface area contributed by atoms with Gasteiger partial charge in [0, 0.05) is 44.2 Å². The number of piperazine rings is 1. The summed E-state index contributed by atoms with van der Waals surface area (Å²) < 4.78 is 1.45. The molecular formula is C19H20ClN7O3. The summed E-state index contributed by atoms with van der Waals surface area (Å²) in [7, 11) is 0. The number of carbonyl (C=O) groups excluding carboxylic acids is 1. The molecule has 30 heavy (non-hydrogen) atoms. The van der Waals surface area contributed by atoms with Crippen molar-refractivity contribution in [3.8, 4) is 5.69 Å². The minimum atomic E-state index is -0.471. The number of carbonyl (C=O) groups is 1. The van der Waals surface area contributed by atoms with Crippen molar-refractivity contribution in [3.63, 3.8) is 0 Å². The van der Waals surface area contributed by atoms with Crippen LogP contribution in [0.4, 0.5) is 5.69 Å². The van der Waals surface area contributed by atoms with Gasteiger partial charge >= 0.3 is 0 Å². The lowest BCUT2D eigenvalue weighted by atomic mass is 10.0. The van der Waals surface area contributed by atoms with E-state index in [-0.39, 0.29) is 35.7 Å². The third-order valence-electron chi connectivity index (χ3n) is 4.96. The molecule has 4 rings (SSSR count). The Kier molecular flexibility index (Phi) is 6.38. The maximum absolute atomic E-state index is 13.3. The summed E-state index contributed by atoms with van der Waals surface area (Å²) in [6, 6.07) is 9.69. The minimum absolute atomic E-state index is 0. The van der Waals surface area contributed by atoms with Gasteiger partial charge in [0.15, 0.2) is 5.69 Å². The van der Waals surface area contributed by atoms with Crippen molar-refractivity contribution in [3.05, 3.63) is 75.9 Å². The fraction of sp³-hybridized carbons (Fsp3) is 0.263. The Labute approximate surface area is 178 Å². The molecule has 1 aliphatic rings. The number of nitro benzene ring substituents is 1. The van der Waals surface area contributed by atoms with Crippen molar-refractivity contribution in [1.82, 2.24) is 30.2 Å². The Hall–Kier alpha value is -3.37. The van der Waals surface area contributed by atoms with Crippen molar-refractivity contribution in [1.29, 1.82) is 0 Å². The Morgan fingerprint density at radius 3 is 2.87 bits per heavy atom. The first kappa shape index (κ1) is 21.3. The largest absolute Gasteiger partial charge is 0.328 e. The topological polar surface area (TPSA) is 119 Å². The van der Waals surface area contributed by atoms with Gasteiger partial charge in [0.25, 0.3) is 11.6 Å². The number of aromatic nitrogens is 4. The zero-order valence-electron chi connectivity index (χ0n) is 16.1. The molecule has 1 amide bonds. The minimum Gasteiger partial charge on any atom is -0.328 e. The Balaban J connectivity index is 0.00000256. The molecule has 1 saturated heterocycles. The van der Waals surface area contributed by atoms with E-state index in [4.69, 9.17) is 0 Å². The molecule has 3 aromatic rings. The predicted octanol–water partition coefficient (Wildman–Crippen LogP) is 2.09. The monoisotopic (exact) mass is 429 g/mol. The highest BCUT2D eigenvalue weighted by atomic mass is 35.5. The van der Waals surface area contributed by atoms with Crippen LogP contribution in [0.25, 0.3) is 5.69 Å². The average Bonchev–Trinajstić information content (AvgIpc) is 3.15. The van der Waals surface area contributed by atoms with Gasteiger partial charge in [-0.2, -0.15) is 0 Å². The van der Waals surface area contributed by atoms with Crippen molar-refractivity contribution in [2.75, 3.05) is 19.6 Å². The van der Waals surface area contributed by atoms with Gasteiger partial charge in [-0.15, -0.1) is 17.5 Å². The summed E-state index contributed by atoms with van der Waals surface area (Å²) >= 11 is 0. The van der Waals surface area contributed by atoms with Gasteiger partial charge in [0.05, 0.1) is 22.3 Å². The number of benzene rings is 1. The normalized spacial score (nSPS) is 16.0. The van der Waals surface area contributed by atoms with E-state index >= 15 is 0 Å². The highest BCUT2D eigenvalue weighted by Crippen LogP contribution is 2.25. The molecule has 3 heterocycles. The lowest BCUT2D eigenvalue weighted by Crippen LogP contribution is -2.49. The maximum atomic E-state index is 13.3. The summed E-state index contributed by atoms with van der Waals surface area (Å²) in [6.07, 6.45) is 3.45. The number of nitrogens with one attached hydrogen (secondary N) is 1. The summed E-state index contributed by atoms with van der Waals surface area (Å²) in [4.78, 5) is 29.8. The van der Waals surface area contributed by atoms with Crippen molar-refractivity contribution in [2.24, 2.45) is 0 Å². The SMILES string of the molecule is Cc1c(C(=O)N2CCNCC2c2cccnc2)nnn1-c1cccc([N+](=O)[O-])c1.Cl. The molecule has 0 saturated carbocycles. The van der Waals surface area contributed by atoms with E-state index < -0.39 is 4.92 Å². The average molecular weight is 430 g/mol. The van der Waals surface area contributed by atoms with Gasteiger partial charge in [0.1, 0.15) is 0 Å². The molecule has 1 atom stereocenters. The van der Waals surface area contributed by atoms with Crippen LogP contribution in [-0.4, -0.2) is 55.3 Å². The van der Waals surface area contributed by atoms with E-state index in [1.54, 1.807) is 36.4 Å². The van der Waals surface area contributed by atoms with E-state index in [9.17, 15) is 14.9 Å². The molecule has 0 spiro atoms. The number of rotatable bonds is 4. The molecule has 0 bridgehead atoms. The standard InChI is InChI=1S/C19H19N7O3.ClH/c1-13-18(22-23-25(13)15-5-2-6-16(10-15)26(28)29)19(27)24-9-8-21-12-17(24)14-4-3-7-20-11-14;/h2-7,10-11,17,21H,8-9,12H2,1H3;1H. The fourth-order valence-electron chi connectivity index (χ4n) is 3.46. The van der Waals surface area contributed by atoms with Crippen LogP contribution in [0.5, 0.6) is 0 Å². The lowest BCUT2D eigenvalue weighted by Gasteiger charge is -2.36. The molecule has 2 aromatic heterocycles. The van der Waals surface area contributed by atoms with Crippen LogP contribution in [-0.2, 0) is 0 Å². The van der Waals surface area contributed by atoms with E-state index in [0.29, 0.717) is 31.0 Å². The number of halogens is 1. The Bertz CT molecular complexity index is 1060. The second-order valence-electron chi connectivity index (χ2n) is 6.72. The molecule has 1 unspecified atom stereocenters. The van der Waals surface area contributed by atoms with Crippen LogP contribution in [0.3, 0.4) is 0 Å². The van der Waals surface area contributed by atoms with Crippen LogP contribution in [0.1, 0.15) is 27.8 Å². The number of non-ortho nitro benzene ring substituents is 1. The predicted molar refractivity (Wildman–Crippen MR) is 111 cm³/mol. The molecule has 11 heteroatoms. The third kappa shape index (κ3) is 4.00. The van der Waals surface area contributed by atoms with Gasteiger partial charge in [-0.3, -0.25) is 19.9 Å². The quantitative estimate of drug-likeness (QED) is 0.498. The molecule has 0 radical (unpaired) electrons. The van der Waals surface area contributed by atoms with Crippen LogP contribution >= 0.6 is 12.4 Å². The fourth-order valence-corrected chi connectivity index (χ4v) is 3.46. The van der Waals surface area contributed by atoms with Gasteiger partial charge in [-0.25, -0.2) is 4.68 Å². The molecule has 1 aromatic carbocycles. The lowest BCUT2D eigenvalue weighted by molar-refractivity contribution is -0.384. The van der Waals surface area contributed by atoms with Gasteiger partial charge in [-0.1, -0.05) is 17.3 Å². The van der Waals surface area contributed by atoms with Crippen LogP contribution in [0.2, 0.25) is 0 Å². The zero-order valence-corrected chi connectivity index (χ0v) is 17.0. The number of hydrogen-bond acceptors (Lipinski definition) is 7. The second kappa shape index (κ2) is 8.97.